The van der Waals surface area contributed by atoms with Crippen LogP contribution in [0.25, 0.3) is 11.4 Å². The molecule has 2 saturated heterocycles. The molecule has 0 saturated carbocycles. The van der Waals surface area contributed by atoms with Crippen LogP contribution in [0.2, 0.25) is 0 Å². The van der Waals surface area contributed by atoms with Gasteiger partial charge in [-0.05, 0) is 37.5 Å². The molecule has 6 rings (SSSR count). The number of hydrogen-bond acceptors (Lipinski definition) is 8. The lowest BCUT2D eigenvalue weighted by molar-refractivity contribution is -0.678. The molecule has 0 atom stereocenters. The quantitative estimate of drug-likeness (QED) is 0.303. The fourth-order valence-corrected chi connectivity index (χ4v) is 4.98. The Kier molecular flexibility index (Phi) is 7.50. The Balaban J connectivity index is 1.13. The number of aromatic nitrogens is 4. The number of nitrogens with one attached hydrogen (secondary N) is 2. The molecule has 0 bridgehead atoms. The zero-order chi connectivity index (χ0) is 26.6. The number of ether oxygens (including phenoxy) is 2. The predicted octanol–water partition coefficient (Wildman–Crippen LogP) is 0.0578. The van der Waals surface area contributed by atoms with Crippen LogP contribution in [-0.4, -0.2) is 72.9 Å². The highest BCUT2D eigenvalue weighted by Gasteiger charge is 2.28. The topological polar surface area (TPSA) is 125 Å². The van der Waals surface area contributed by atoms with E-state index in [2.05, 4.69) is 20.3 Å². The minimum atomic E-state index is -0.365. The molecule has 0 amide bonds. The summed E-state index contributed by atoms with van der Waals surface area (Å²) in [4.78, 5) is 29.0. The van der Waals surface area contributed by atoms with Gasteiger partial charge in [0.15, 0.2) is 0 Å². The molecule has 39 heavy (non-hydrogen) atoms. The second kappa shape index (κ2) is 11.5. The highest BCUT2D eigenvalue weighted by molar-refractivity contribution is 5.34. The number of morpholine rings is 2. The minimum absolute atomic E-state index is 0.365. The molecular weight excluding hydrogens is 504 g/mol. The highest BCUT2D eigenvalue weighted by atomic mass is 16.5. The summed E-state index contributed by atoms with van der Waals surface area (Å²) < 4.78 is 24.4. The summed E-state index contributed by atoms with van der Waals surface area (Å²) in [6.45, 7) is 6.80. The second-order valence-corrected chi connectivity index (χ2v) is 9.81. The van der Waals surface area contributed by atoms with E-state index in [0.717, 1.165) is 55.1 Å². The van der Waals surface area contributed by atoms with Gasteiger partial charge in [0.05, 0.1) is 39.5 Å². The van der Waals surface area contributed by atoms with Crippen molar-refractivity contribution in [3.05, 3.63) is 91.9 Å². The predicted molar refractivity (Wildman–Crippen MR) is 137 cm³/mol. The molecule has 12 heteroatoms. The summed E-state index contributed by atoms with van der Waals surface area (Å²) in [6.07, 6.45) is 0.737. The van der Waals surface area contributed by atoms with Gasteiger partial charge in [0.25, 0.3) is 0 Å². The van der Waals surface area contributed by atoms with E-state index in [1.165, 1.54) is 0 Å². The van der Waals surface area contributed by atoms with Crippen molar-refractivity contribution in [2.45, 2.75) is 19.5 Å². The zero-order valence-corrected chi connectivity index (χ0v) is 21.6. The Morgan fingerprint density at radius 3 is 1.38 bits per heavy atom. The van der Waals surface area contributed by atoms with Crippen LogP contribution >= 0.6 is 0 Å². The molecule has 2 aliphatic rings. The average Bonchev–Trinajstić information content (AvgIpc) is 3.52. The van der Waals surface area contributed by atoms with E-state index in [4.69, 9.17) is 18.5 Å². The van der Waals surface area contributed by atoms with Gasteiger partial charge in [-0.15, -0.1) is 0 Å². The van der Waals surface area contributed by atoms with Gasteiger partial charge in [0.2, 0.25) is 11.4 Å². The van der Waals surface area contributed by atoms with Crippen molar-refractivity contribution in [3.63, 3.8) is 0 Å². The van der Waals surface area contributed by atoms with E-state index in [1.807, 2.05) is 48.5 Å². The van der Waals surface area contributed by atoms with Gasteiger partial charge in [0, 0.05) is 50.4 Å². The van der Waals surface area contributed by atoms with E-state index in [0.29, 0.717) is 50.9 Å². The molecule has 2 aromatic carbocycles. The first-order valence-corrected chi connectivity index (χ1v) is 13.2. The molecule has 4 heterocycles. The van der Waals surface area contributed by atoms with Gasteiger partial charge >= 0.3 is 22.6 Å². The summed E-state index contributed by atoms with van der Waals surface area (Å²) in [5.41, 5.74) is 4.31. The summed E-state index contributed by atoms with van der Waals surface area (Å²) in [5, 5.41) is 5.46. The Bertz CT molecular complexity index is 1380. The van der Waals surface area contributed by atoms with Crippen molar-refractivity contribution in [2.75, 3.05) is 52.6 Å². The maximum absolute atomic E-state index is 12.3. The van der Waals surface area contributed by atoms with Gasteiger partial charge in [-0.25, -0.2) is 9.59 Å². The van der Waals surface area contributed by atoms with Crippen molar-refractivity contribution in [2.24, 2.45) is 0 Å². The molecule has 0 unspecified atom stereocenters. The average molecular weight is 537 g/mol. The highest BCUT2D eigenvalue weighted by Crippen LogP contribution is 2.13. The smallest absolute Gasteiger partial charge is 0.379 e. The number of hydrogen-bond donors (Lipinski definition) is 2. The lowest BCUT2D eigenvalue weighted by Crippen LogP contribution is -2.44. The number of aromatic amines is 2. The molecule has 204 valence electrons. The number of nitrogens with zero attached hydrogens (tertiary/aromatic N) is 4. The van der Waals surface area contributed by atoms with Crippen LogP contribution in [0.15, 0.2) is 67.2 Å². The summed E-state index contributed by atoms with van der Waals surface area (Å²) in [7, 11) is 0. The van der Waals surface area contributed by atoms with Crippen molar-refractivity contribution in [1.82, 2.24) is 20.3 Å². The SMILES string of the molecule is O=c1o[nH][n+](-c2ccc(Cc3ccc(-[n+]4[nH]oc(=O)c4CN4CCOCC4)cc3)cc2)c1CN1CCOCC1. The molecule has 12 nitrogen and oxygen atoms in total. The molecule has 2 aromatic heterocycles. The van der Waals surface area contributed by atoms with Crippen LogP contribution in [0.3, 0.4) is 0 Å². The molecule has 2 aliphatic heterocycles. The van der Waals surface area contributed by atoms with E-state index in [-0.39, 0.29) is 11.3 Å². The molecule has 4 aromatic rings. The largest absolute Gasteiger partial charge is 0.431 e. The second-order valence-electron chi connectivity index (χ2n) is 9.81. The third-order valence-corrected chi connectivity index (χ3v) is 7.22. The van der Waals surface area contributed by atoms with Crippen molar-refractivity contribution in [1.29, 1.82) is 0 Å². The Morgan fingerprint density at radius 1 is 0.615 bits per heavy atom. The maximum Gasteiger partial charge on any atom is 0.431 e. The van der Waals surface area contributed by atoms with Gasteiger partial charge in [-0.2, -0.15) is 0 Å². The lowest BCUT2D eigenvalue weighted by atomic mass is 10.0. The van der Waals surface area contributed by atoms with Gasteiger partial charge in [-0.3, -0.25) is 18.8 Å². The van der Waals surface area contributed by atoms with Crippen molar-refractivity contribution in [3.8, 4) is 11.4 Å². The third-order valence-electron chi connectivity index (χ3n) is 7.22. The number of benzene rings is 2. The van der Waals surface area contributed by atoms with E-state index < -0.39 is 0 Å². The normalized spacial score (nSPS) is 17.0. The first-order chi connectivity index (χ1) is 19.1. The van der Waals surface area contributed by atoms with Gasteiger partial charge < -0.3 is 9.47 Å². The summed E-state index contributed by atoms with van der Waals surface area (Å²) >= 11 is 0. The number of rotatable bonds is 8. The monoisotopic (exact) mass is 536 g/mol. The van der Waals surface area contributed by atoms with E-state index >= 15 is 0 Å². The van der Waals surface area contributed by atoms with Gasteiger partial charge in [-0.1, -0.05) is 24.3 Å². The number of H-pyrrole nitrogens is 2. The minimum Gasteiger partial charge on any atom is -0.379 e. The fourth-order valence-electron chi connectivity index (χ4n) is 4.98. The van der Waals surface area contributed by atoms with E-state index in [9.17, 15) is 9.59 Å². The van der Waals surface area contributed by atoms with Crippen LogP contribution in [-0.2, 0) is 29.0 Å². The van der Waals surface area contributed by atoms with Crippen LogP contribution in [0.4, 0.5) is 0 Å². The first kappa shape index (κ1) is 25.4. The van der Waals surface area contributed by atoms with Crippen LogP contribution < -0.4 is 20.6 Å². The molecule has 0 spiro atoms. The maximum atomic E-state index is 12.3. The summed E-state index contributed by atoms with van der Waals surface area (Å²) in [5.74, 6) is 0. The Labute approximate surface area is 223 Å². The molecule has 0 radical (unpaired) electrons. The molecule has 2 fully saturated rings. The third kappa shape index (κ3) is 5.78. The first-order valence-electron chi connectivity index (χ1n) is 13.2. The van der Waals surface area contributed by atoms with Crippen molar-refractivity contribution >= 4 is 0 Å². The van der Waals surface area contributed by atoms with Gasteiger partial charge in [0.1, 0.15) is 0 Å². The summed E-state index contributed by atoms with van der Waals surface area (Å²) in [6, 6.07) is 16.1. The Hall–Kier alpha value is -3.84. The van der Waals surface area contributed by atoms with Crippen LogP contribution in [0, 0.1) is 0 Å². The van der Waals surface area contributed by atoms with Crippen molar-refractivity contribution < 1.29 is 27.9 Å². The zero-order valence-electron chi connectivity index (χ0n) is 21.6. The molecular formula is C27H32N6O6+2. The van der Waals surface area contributed by atoms with Crippen LogP contribution in [0.5, 0.6) is 0 Å². The standard InChI is InChI=1S/C27H30N6O6/c34-26-24(18-30-9-13-36-14-10-30)32(28-38-26)22-5-1-20(2-6-22)17-21-3-7-23(8-4-21)33-25(27(35)39-29-33)19-31-11-15-37-16-12-31/h1-8H,9-19H2/p+2. The Morgan fingerprint density at radius 2 is 1.00 bits per heavy atom. The van der Waals surface area contributed by atoms with E-state index in [1.54, 1.807) is 9.36 Å². The van der Waals surface area contributed by atoms with Crippen LogP contribution in [0.1, 0.15) is 22.5 Å². The molecule has 0 aliphatic carbocycles. The fraction of sp³-hybridized carbons (Fsp3) is 0.407. The molecule has 2 N–H and O–H groups in total. The lowest BCUT2D eigenvalue weighted by Gasteiger charge is -2.24.